The van der Waals surface area contributed by atoms with Crippen LogP contribution in [0.25, 0.3) is 0 Å². The zero-order valence-electron chi connectivity index (χ0n) is 73.7. The van der Waals surface area contributed by atoms with E-state index in [4.69, 9.17) is 56.6 Å². The Kier molecular flexibility index (Phi) is 54.7. The number of carbonyl (C=O) groups is 11. The zero-order valence-corrected chi connectivity index (χ0v) is 74.6. The summed E-state index contributed by atoms with van der Waals surface area (Å²) in [5.41, 5.74) is 0. The summed E-state index contributed by atoms with van der Waals surface area (Å²) in [6, 6.07) is -4.95. The van der Waals surface area contributed by atoms with E-state index < -0.39 is 192 Å². The van der Waals surface area contributed by atoms with E-state index in [1.807, 2.05) is 0 Å². The number of nitrogens with one attached hydrogen (secondary N) is 10. The molecule has 11 amide bonds. The fourth-order valence-electron chi connectivity index (χ4n) is 14.6. The normalized spacial score (nSPS) is 27.4. The first-order valence-corrected chi connectivity index (χ1v) is 45.7. The van der Waals surface area contributed by atoms with Crippen LogP contribution < -0.4 is 58.1 Å². The molecule has 0 aromatic rings. The van der Waals surface area contributed by atoms with E-state index in [2.05, 4.69) is 57.7 Å². The number of aliphatic hydroxyl groups is 10. The molecule has 20 N–H and O–H groups in total. The molecule has 0 aromatic heterocycles. The van der Waals surface area contributed by atoms with Gasteiger partial charge in [-0.2, -0.15) is 0 Å². The van der Waals surface area contributed by atoms with Crippen molar-refractivity contribution in [3.63, 3.8) is 0 Å². The molecule has 1 unspecified atom stereocenters. The number of hydrogen-bond acceptors (Lipinski definition) is 36. The van der Waals surface area contributed by atoms with Crippen LogP contribution in [0, 0.1) is 0 Å². The Morgan fingerprint density at radius 2 is 0.766 bits per heavy atom. The largest absolute Gasteiger partial charge is 0.756 e. The van der Waals surface area contributed by atoms with Gasteiger partial charge in [0.15, 0.2) is 18.9 Å². The van der Waals surface area contributed by atoms with Crippen molar-refractivity contribution in [2.45, 2.75) is 303 Å². The molecule has 22 atom stereocenters. The van der Waals surface area contributed by atoms with E-state index in [0.29, 0.717) is 77.0 Å². The summed E-state index contributed by atoms with van der Waals surface area (Å²) < 4.78 is 85.6. The topological polar surface area (TPSA) is 674 Å². The molecule has 5 rings (SSSR count). The van der Waals surface area contributed by atoms with Crippen molar-refractivity contribution >= 4 is 73.0 Å². The number of ether oxygens (including phenoxy) is 11. The number of unbranched alkanes of at least 4 members (excludes halogenated alkanes) is 9. The molecule has 5 aliphatic rings. The summed E-state index contributed by atoms with van der Waals surface area (Å²) in [6.07, 6.45) is -12.3. The van der Waals surface area contributed by atoms with Gasteiger partial charge in [-0.3, -0.25) is 52.5 Å². The fraction of sp³-hybridized carbons (Fsp3) is 0.863. The van der Waals surface area contributed by atoms with Gasteiger partial charge in [0.05, 0.1) is 84.3 Å². The Bertz CT molecular complexity index is 3340. The monoisotopic (exact) mass is 1860 g/mol. The number of nitrogens with zero attached hydrogens (tertiary/aromatic N) is 1. The highest BCUT2D eigenvalue weighted by atomic mass is 31.2. The third-order valence-electron chi connectivity index (χ3n) is 21.5. The Balaban J connectivity index is 1.14. The number of alkyl carbamates (subject to hydrolysis) is 1. The Morgan fingerprint density at radius 1 is 0.406 bits per heavy atom. The van der Waals surface area contributed by atoms with Crippen molar-refractivity contribution in [3.8, 4) is 0 Å². The maximum absolute atomic E-state index is 13.7. The standard InChI is InChI=1S/C80H142N11O36P/c1-49(95)87-66-72(109)69(106)55(43-92)125-77(66)119-34-15-11-21-59(99)81-28-18-31-84-62(102)25-38-116-48-58-76(118-40-27-64(104)86-33-20-30-83-61(101)23-13-17-36-121-79-68(89-51(3)97)74(111)71(108)57(45-94)127-79)75(117-39-26-63(103)85-32-19-29-82-60(100)22-12-16-35-120-78-67(88-50(2)96)73(110)70(107)56(44-93)126-78)54(47-123-58)90-80(112)122-37-14-9-7-5-6-8-10-24-65(105)91-42-53(98)41-52(91)46-124-128(113,114)115-4/h52-58,66-79,92-94,98,106-111H,5-48H2,1-4H3,(H,81,99)(H,82,100)(H,83,101)(H,84,102)(H,85,103)(H,86,104)(H,87,95)(H,88,96)(H,89,97)(H,90,112)(H,113,114)/p-1/t52-,53+,54-,55+,56+,57+,58+,66+,67+,68+,69-,70-,71-,72+,73+,74+,75+,76+,77+,78+,79+/m0/s1. The fourth-order valence-corrected chi connectivity index (χ4v) is 15.0. The molecule has 0 radical (unpaired) electrons. The molecule has 5 aliphatic heterocycles. The quantitative estimate of drug-likeness (QED) is 0.0199. The van der Waals surface area contributed by atoms with Gasteiger partial charge in [-0.25, -0.2) is 4.79 Å². The molecule has 47 nitrogen and oxygen atoms in total. The summed E-state index contributed by atoms with van der Waals surface area (Å²) in [4.78, 5) is 153. The number of carbonyl (C=O) groups excluding carboxylic acids is 11. The van der Waals surface area contributed by atoms with Crippen LogP contribution in [0.15, 0.2) is 0 Å². The average molecular weight is 1860 g/mol. The summed E-state index contributed by atoms with van der Waals surface area (Å²) in [5.74, 6) is -3.81. The number of amides is 11. The third kappa shape index (κ3) is 42.9. The molecule has 0 saturated carbocycles. The van der Waals surface area contributed by atoms with Gasteiger partial charge in [-0.05, 0) is 77.0 Å². The number of aliphatic hydroxyl groups excluding tert-OH is 10. The lowest BCUT2D eigenvalue weighted by atomic mass is 9.97. The second kappa shape index (κ2) is 62.6. The average Bonchev–Trinajstić information content (AvgIpc) is 1.05. The second-order valence-electron chi connectivity index (χ2n) is 31.9. The molecule has 5 fully saturated rings. The summed E-state index contributed by atoms with van der Waals surface area (Å²) in [5, 5.41) is 128. The Hall–Kier alpha value is -6.72. The predicted molar refractivity (Wildman–Crippen MR) is 443 cm³/mol. The van der Waals surface area contributed by atoms with E-state index >= 15 is 0 Å². The van der Waals surface area contributed by atoms with E-state index in [-0.39, 0.29) is 193 Å². The Morgan fingerprint density at radius 3 is 1.16 bits per heavy atom. The summed E-state index contributed by atoms with van der Waals surface area (Å²) >= 11 is 0. The van der Waals surface area contributed by atoms with Crippen molar-refractivity contribution in [1.82, 2.24) is 58.1 Å². The van der Waals surface area contributed by atoms with Gasteiger partial charge in [-0.1, -0.05) is 32.1 Å². The molecular weight excluding hydrogens is 1720 g/mol. The van der Waals surface area contributed by atoms with E-state index in [9.17, 15) is 113 Å². The highest BCUT2D eigenvalue weighted by Gasteiger charge is 2.49. The third-order valence-corrected chi connectivity index (χ3v) is 22.4. The number of β-amino-alcohol motifs (C(OH)–C–C–N with tert-alkyl or cyclic N) is 1. The van der Waals surface area contributed by atoms with E-state index in [1.54, 1.807) is 0 Å². The molecule has 0 bridgehead atoms. The van der Waals surface area contributed by atoms with E-state index in [1.165, 1.54) is 25.7 Å². The maximum atomic E-state index is 13.7. The molecular formula is C80H141N11O36P-. The lowest BCUT2D eigenvalue weighted by Gasteiger charge is -2.42. The van der Waals surface area contributed by atoms with Crippen LogP contribution in [0.3, 0.4) is 0 Å². The lowest BCUT2D eigenvalue weighted by molar-refractivity contribution is -0.270. The number of phosphoric ester groups is 1. The van der Waals surface area contributed by atoms with Crippen LogP contribution in [0.1, 0.15) is 175 Å². The number of likely N-dealkylation sites (tertiary alicyclic amines) is 1. The highest BCUT2D eigenvalue weighted by Crippen LogP contribution is 2.38. The van der Waals surface area contributed by atoms with Crippen molar-refractivity contribution in [1.29, 1.82) is 0 Å². The van der Waals surface area contributed by atoms with Gasteiger partial charge >= 0.3 is 6.09 Å². The molecule has 0 aliphatic carbocycles. The van der Waals surface area contributed by atoms with Crippen molar-refractivity contribution in [2.24, 2.45) is 0 Å². The number of phosphoric acid groups is 1. The van der Waals surface area contributed by atoms with Crippen LogP contribution in [-0.2, 0) is 114 Å². The smallest absolute Gasteiger partial charge is 0.407 e. The van der Waals surface area contributed by atoms with Gasteiger partial charge < -0.3 is 175 Å². The lowest BCUT2D eigenvalue weighted by Crippen LogP contribution is -2.64. The number of hydrogen-bond donors (Lipinski definition) is 20. The summed E-state index contributed by atoms with van der Waals surface area (Å²) in [6.45, 7) is 1.93. The first kappa shape index (κ1) is 112. The van der Waals surface area contributed by atoms with Crippen LogP contribution in [0.2, 0.25) is 0 Å². The second-order valence-corrected chi connectivity index (χ2v) is 33.5. The van der Waals surface area contributed by atoms with E-state index in [0.717, 1.165) is 32.8 Å². The zero-order chi connectivity index (χ0) is 93.9. The molecule has 128 heavy (non-hydrogen) atoms. The van der Waals surface area contributed by atoms with Gasteiger partial charge in [0.2, 0.25) is 59.1 Å². The van der Waals surface area contributed by atoms with Crippen LogP contribution in [0.4, 0.5) is 4.79 Å². The Labute approximate surface area is 744 Å². The molecule has 48 heteroatoms. The van der Waals surface area contributed by atoms with Crippen LogP contribution in [0.5, 0.6) is 0 Å². The van der Waals surface area contributed by atoms with Crippen LogP contribution in [-0.4, -0.2) is 388 Å². The summed E-state index contributed by atoms with van der Waals surface area (Å²) in [7, 11) is -3.56. The van der Waals surface area contributed by atoms with Crippen molar-refractivity contribution in [2.75, 3.05) is 139 Å². The molecule has 0 aromatic carbocycles. The minimum Gasteiger partial charge on any atom is -0.756 e. The van der Waals surface area contributed by atoms with Gasteiger partial charge in [0, 0.05) is 138 Å². The first-order valence-electron chi connectivity index (χ1n) is 44.3. The maximum Gasteiger partial charge on any atom is 0.407 e. The molecule has 5 saturated heterocycles. The predicted octanol–water partition coefficient (Wildman–Crippen LogP) is -6.09. The minimum atomic E-state index is -4.53. The molecule has 738 valence electrons. The SMILES string of the molecule is COP(=O)([O-])OC[C@@H]1C[C@@H](O)CN1C(=O)CCCCCCCCCOC(=O)N[C@H]1CO[C@H](COCCC(=O)NCCCNC(=O)CCCCO[C@@H]2O[C@H](CO)[C@H](O)[C@H](O)[C@H]2NC(C)=O)[C@@H](OCCC(=O)NCCCNC(=O)CCCCO[C@@H]2O[C@H](CO)[C@H](O)[C@H](O)[C@H]2NC(C)=O)[C@@H]1OCCC(=O)NCCCNC(=O)CCCCO[C@@H]1O[C@H](CO)[C@H](O)[C@H](O)[C@H]1NC(C)=O. The molecule has 5 heterocycles. The number of rotatable bonds is 64. The highest BCUT2D eigenvalue weighted by molar-refractivity contribution is 7.45. The minimum absolute atomic E-state index is 0.0251. The van der Waals surface area contributed by atoms with Gasteiger partial charge in [-0.15, -0.1) is 0 Å². The van der Waals surface area contributed by atoms with Crippen LogP contribution >= 0.6 is 7.82 Å². The van der Waals surface area contributed by atoms with Crippen molar-refractivity contribution in [3.05, 3.63) is 0 Å². The van der Waals surface area contributed by atoms with Gasteiger partial charge in [0.1, 0.15) is 91.4 Å². The molecule has 0 spiro atoms. The first-order chi connectivity index (χ1) is 61.3. The van der Waals surface area contributed by atoms with Gasteiger partial charge in [0.25, 0.3) is 7.82 Å². The van der Waals surface area contributed by atoms with Crippen molar-refractivity contribution < 1.29 is 174 Å².